The average molecular weight is 345 g/mol. The molecular weight excluding hydrogens is 324 g/mol. The molecular formula is C18H21ClN4O. The van der Waals surface area contributed by atoms with Crippen LogP contribution < -0.4 is 10.2 Å². The highest BCUT2D eigenvalue weighted by Gasteiger charge is 2.18. The molecule has 0 saturated carbocycles. The molecule has 1 atom stereocenters. The van der Waals surface area contributed by atoms with Crippen LogP contribution in [-0.4, -0.2) is 29.2 Å². The molecule has 6 heteroatoms. The Morgan fingerprint density at radius 2 is 2.12 bits per heavy atom. The second kappa shape index (κ2) is 7.18. The van der Waals surface area contributed by atoms with Crippen LogP contribution >= 0.6 is 11.6 Å². The van der Waals surface area contributed by atoms with Gasteiger partial charge in [0.2, 0.25) is 0 Å². The molecule has 1 amide bonds. The van der Waals surface area contributed by atoms with Gasteiger partial charge in [-0.25, -0.2) is 0 Å². The standard InChI is InChI=1S/C18H21ClN4O/c1-12-4-3-9-23(11-12)17-8-7-15(21-22-17)18(24)20-16-10-14(19)6-5-13(16)2/h5-8,10,12H,3-4,9,11H2,1-2H3,(H,20,24). The first-order valence-electron chi connectivity index (χ1n) is 8.19. The van der Waals surface area contributed by atoms with Crippen molar-refractivity contribution < 1.29 is 4.79 Å². The summed E-state index contributed by atoms with van der Waals surface area (Å²) in [7, 11) is 0. The highest BCUT2D eigenvalue weighted by Crippen LogP contribution is 2.22. The van der Waals surface area contributed by atoms with Crippen molar-refractivity contribution in [2.24, 2.45) is 5.92 Å². The Morgan fingerprint density at radius 1 is 1.29 bits per heavy atom. The molecule has 0 spiro atoms. The van der Waals surface area contributed by atoms with Crippen LogP contribution in [0.4, 0.5) is 11.5 Å². The molecule has 0 radical (unpaired) electrons. The van der Waals surface area contributed by atoms with Crippen molar-refractivity contribution in [3.05, 3.63) is 46.6 Å². The second-order valence-electron chi connectivity index (χ2n) is 6.38. The first kappa shape index (κ1) is 16.7. The Labute approximate surface area is 147 Å². The van der Waals surface area contributed by atoms with Gasteiger partial charge in [-0.3, -0.25) is 4.79 Å². The molecule has 1 unspecified atom stereocenters. The fourth-order valence-corrected chi connectivity index (χ4v) is 3.10. The van der Waals surface area contributed by atoms with Gasteiger partial charge in [0.05, 0.1) is 0 Å². The van der Waals surface area contributed by atoms with Crippen molar-refractivity contribution in [3.63, 3.8) is 0 Å². The SMILES string of the molecule is Cc1ccc(Cl)cc1NC(=O)c1ccc(N2CCCC(C)C2)nn1. The molecule has 0 aliphatic carbocycles. The summed E-state index contributed by atoms with van der Waals surface area (Å²) in [6, 6.07) is 8.97. The molecule has 1 fully saturated rings. The molecule has 126 valence electrons. The third-order valence-corrected chi connectivity index (χ3v) is 4.55. The highest BCUT2D eigenvalue weighted by molar-refractivity contribution is 6.31. The lowest BCUT2D eigenvalue weighted by Gasteiger charge is -2.31. The lowest BCUT2D eigenvalue weighted by atomic mass is 10.0. The zero-order valence-corrected chi connectivity index (χ0v) is 14.7. The van der Waals surface area contributed by atoms with Gasteiger partial charge in [-0.1, -0.05) is 24.6 Å². The predicted molar refractivity (Wildman–Crippen MR) is 96.8 cm³/mol. The Hall–Kier alpha value is -2.14. The van der Waals surface area contributed by atoms with Crippen molar-refractivity contribution in [3.8, 4) is 0 Å². The number of aryl methyl sites for hydroxylation is 1. The number of hydrogen-bond acceptors (Lipinski definition) is 4. The molecule has 2 aromatic rings. The molecule has 1 saturated heterocycles. The van der Waals surface area contributed by atoms with Crippen LogP contribution in [0.25, 0.3) is 0 Å². The fraction of sp³-hybridized carbons (Fsp3) is 0.389. The minimum Gasteiger partial charge on any atom is -0.355 e. The van der Waals surface area contributed by atoms with Gasteiger partial charge >= 0.3 is 0 Å². The van der Waals surface area contributed by atoms with E-state index in [1.807, 2.05) is 19.1 Å². The van der Waals surface area contributed by atoms with Crippen molar-refractivity contribution in [1.29, 1.82) is 0 Å². The number of anilines is 2. The number of rotatable bonds is 3. The summed E-state index contributed by atoms with van der Waals surface area (Å²) in [5.41, 5.74) is 1.92. The molecule has 1 aliphatic heterocycles. The van der Waals surface area contributed by atoms with E-state index in [0.717, 1.165) is 24.5 Å². The van der Waals surface area contributed by atoms with Crippen LogP contribution in [0.15, 0.2) is 30.3 Å². The third kappa shape index (κ3) is 3.85. The maximum atomic E-state index is 12.3. The number of nitrogens with zero attached hydrogens (tertiary/aromatic N) is 3. The first-order chi connectivity index (χ1) is 11.5. The molecule has 0 bridgehead atoms. The van der Waals surface area contributed by atoms with Crippen LogP contribution in [0.5, 0.6) is 0 Å². The van der Waals surface area contributed by atoms with Crippen molar-refractivity contribution in [1.82, 2.24) is 10.2 Å². The maximum Gasteiger partial charge on any atom is 0.276 e. The fourth-order valence-electron chi connectivity index (χ4n) is 2.93. The van der Waals surface area contributed by atoms with Gasteiger partial charge in [-0.15, -0.1) is 10.2 Å². The number of piperidine rings is 1. The van der Waals surface area contributed by atoms with Gasteiger partial charge in [0.1, 0.15) is 0 Å². The summed E-state index contributed by atoms with van der Waals surface area (Å²) >= 11 is 5.98. The van der Waals surface area contributed by atoms with Crippen LogP contribution in [0.3, 0.4) is 0 Å². The summed E-state index contributed by atoms with van der Waals surface area (Å²) in [5, 5.41) is 11.7. The van der Waals surface area contributed by atoms with Gasteiger partial charge in [0, 0.05) is 23.8 Å². The van der Waals surface area contributed by atoms with Gasteiger partial charge in [-0.05, 0) is 55.5 Å². The second-order valence-corrected chi connectivity index (χ2v) is 6.82. The van der Waals surface area contributed by atoms with E-state index in [-0.39, 0.29) is 5.91 Å². The van der Waals surface area contributed by atoms with E-state index in [2.05, 4.69) is 27.3 Å². The van der Waals surface area contributed by atoms with E-state index in [1.165, 1.54) is 12.8 Å². The molecule has 2 heterocycles. The topological polar surface area (TPSA) is 58.1 Å². The molecule has 1 aromatic heterocycles. The smallest absolute Gasteiger partial charge is 0.276 e. The summed E-state index contributed by atoms with van der Waals surface area (Å²) in [6.45, 7) is 6.14. The van der Waals surface area contributed by atoms with E-state index in [9.17, 15) is 4.79 Å². The Morgan fingerprint density at radius 3 is 2.83 bits per heavy atom. The van der Waals surface area contributed by atoms with Crippen molar-refractivity contribution in [2.45, 2.75) is 26.7 Å². The average Bonchev–Trinajstić information content (AvgIpc) is 2.58. The summed E-state index contributed by atoms with van der Waals surface area (Å²) in [6.07, 6.45) is 2.42. The van der Waals surface area contributed by atoms with E-state index in [1.54, 1.807) is 18.2 Å². The monoisotopic (exact) mass is 344 g/mol. The molecule has 1 aromatic carbocycles. The van der Waals surface area contributed by atoms with E-state index in [0.29, 0.717) is 22.3 Å². The largest absolute Gasteiger partial charge is 0.355 e. The van der Waals surface area contributed by atoms with Crippen LogP contribution in [0, 0.1) is 12.8 Å². The minimum absolute atomic E-state index is 0.286. The highest BCUT2D eigenvalue weighted by atomic mass is 35.5. The lowest BCUT2D eigenvalue weighted by Crippen LogP contribution is -2.35. The lowest BCUT2D eigenvalue weighted by molar-refractivity contribution is 0.102. The van der Waals surface area contributed by atoms with Gasteiger partial charge in [0.25, 0.3) is 5.91 Å². The van der Waals surface area contributed by atoms with Crippen LogP contribution in [0.1, 0.15) is 35.8 Å². The van der Waals surface area contributed by atoms with Crippen LogP contribution in [-0.2, 0) is 0 Å². The number of halogens is 1. The number of benzene rings is 1. The summed E-state index contributed by atoms with van der Waals surface area (Å²) in [5.74, 6) is 1.21. The van der Waals surface area contributed by atoms with Crippen molar-refractivity contribution in [2.75, 3.05) is 23.3 Å². The zero-order valence-electron chi connectivity index (χ0n) is 13.9. The summed E-state index contributed by atoms with van der Waals surface area (Å²) in [4.78, 5) is 14.6. The Kier molecular flexibility index (Phi) is 5.00. The van der Waals surface area contributed by atoms with Gasteiger partial charge in [-0.2, -0.15) is 0 Å². The molecule has 5 nitrogen and oxygen atoms in total. The van der Waals surface area contributed by atoms with Gasteiger partial charge < -0.3 is 10.2 Å². The minimum atomic E-state index is -0.286. The molecule has 1 N–H and O–H groups in total. The quantitative estimate of drug-likeness (QED) is 0.916. The maximum absolute atomic E-state index is 12.3. The molecule has 3 rings (SSSR count). The van der Waals surface area contributed by atoms with Crippen LogP contribution in [0.2, 0.25) is 5.02 Å². The van der Waals surface area contributed by atoms with Crippen molar-refractivity contribution >= 4 is 29.0 Å². The normalized spacial score (nSPS) is 17.6. The van der Waals surface area contributed by atoms with E-state index in [4.69, 9.17) is 11.6 Å². The molecule has 1 aliphatic rings. The predicted octanol–water partition coefficient (Wildman–Crippen LogP) is 3.93. The van der Waals surface area contributed by atoms with E-state index < -0.39 is 0 Å². The number of carbonyl (C=O) groups excluding carboxylic acids is 1. The Balaban J connectivity index is 1.70. The van der Waals surface area contributed by atoms with E-state index >= 15 is 0 Å². The zero-order chi connectivity index (χ0) is 17.1. The number of hydrogen-bond donors (Lipinski definition) is 1. The molecule has 24 heavy (non-hydrogen) atoms. The number of amides is 1. The number of aromatic nitrogens is 2. The van der Waals surface area contributed by atoms with Gasteiger partial charge in [0.15, 0.2) is 11.5 Å². The first-order valence-corrected chi connectivity index (χ1v) is 8.57. The number of carbonyl (C=O) groups is 1. The number of nitrogens with one attached hydrogen (secondary N) is 1. The Bertz CT molecular complexity index is 732. The third-order valence-electron chi connectivity index (χ3n) is 4.31. The summed E-state index contributed by atoms with van der Waals surface area (Å²) < 4.78 is 0.